The van der Waals surface area contributed by atoms with Gasteiger partial charge >= 0.3 is 0 Å². The van der Waals surface area contributed by atoms with E-state index < -0.39 is 10.2 Å². The molecule has 1 fully saturated rings. The molecule has 0 bridgehead atoms. The maximum Gasteiger partial charge on any atom is 0.279 e. The zero-order valence-electron chi connectivity index (χ0n) is 9.46. The quantitative estimate of drug-likeness (QED) is 0.752. The second-order valence-electron chi connectivity index (χ2n) is 4.57. The fourth-order valence-electron chi connectivity index (χ4n) is 1.16. The largest absolute Gasteiger partial charge is 0.279 e. The van der Waals surface area contributed by atoms with Crippen LogP contribution in [0.15, 0.2) is 0 Å². The highest BCUT2D eigenvalue weighted by molar-refractivity contribution is 9.09. The summed E-state index contributed by atoms with van der Waals surface area (Å²) in [4.78, 5) is 0. The molecule has 0 amide bonds. The Hall–Kier alpha value is 0.350. The summed E-state index contributed by atoms with van der Waals surface area (Å²) in [6.07, 6.45) is 2.21. The van der Waals surface area contributed by atoms with Crippen molar-refractivity contribution in [2.45, 2.75) is 32.7 Å². The van der Waals surface area contributed by atoms with Crippen molar-refractivity contribution < 1.29 is 8.42 Å². The van der Waals surface area contributed by atoms with Crippen LogP contribution in [0.5, 0.6) is 0 Å². The highest BCUT2D eigenvalue weighted by Gasteiger charge is 2.42. The van der Waals surface area contributed by atoms with E-state index in [0.717, 1.165) is 18.2 Å². The van der Waals surface area contributed by atoms with Gasteiger partial charge in [-0.1, -0.05) is 15.9 Å². The molecule has 0 aromatic rings. The van der Waals surface area contributed by atoms with Gasteiger partial charge in [0.15, 0.2) is 0 Å². The van der Waals surface area contributed by atoms with Crippen LogP contribution in [0, 0.1) is 5.41 Å². The molecule has 1 aliphatic carbocycles. The topological polar surface area (TPSA) is 49.4 Å². The van der Waals surface area contributed by atoms with Gasteiger partial charge in [-0.25, -0.2) is 4.72 Å². The molecule has 0 heterocycles. The Labute approximate surface area is 101 Å². The van der Waals surface area contributed by atoms with Crippen molar-refractivity contribution in [3.05, 3.63) is 0 Å². The smallest absolute Gasteiger partial charge is 0.202 e. The van der Waals surface area contributed by atoms with Crippen LogP contribution in [-0.2, 0) is 10.2 Å². The first-order valence-corrected chi connectivity index (χ1v) is 7.68. The van der Waals surface area contributed by atoms with Gasteiger partial charge in [0, 0.05) is 25.0 Å². The standard InChI is InChI=1S/C9H19BrN2O2S/c1-8(2)12(3)15(13,14)11-7-9(6-10)4-5-9/h8,11H,4-7H2,1-3H3. The maximum absolute atomic E-state index is 11.8. The third-order valence-corrected chi connectivity index (χ3v) is 5.86. The average Bonchev–Trinajstić information content (AvgIpc) is 2.94. The van der Waals surface area contributed by atoms with Crippen LogP contribution >= 0.6 is 15.9 Å². The van der Waals surface area contributed by atoms with Gasteiger partial charge < -0.3 is 0 Å². The Morgan fingerprint density at radius 3 is 2.33 bits per heavy atom. The Bertz CT molecular complexity index is 312. The molecular weight excluding hydrogens is 280 g/mol. The zero-order valence-corrected chi connectivity index (χ0v) is 11.9. The third kappa shape index (κ3) is 3.41. The van der Waals surface area contributed by atoms with E-state index in [0.29, 0.717) is 6.54 Å². The highest BCUT2D eigenvalue weighted by atomic mass is 79.9. The second kappa shape index (κ2) is 4.69. The molecule has 4 nitrogen and oxygen atoms in total. The molecule has 0 aromatic carbocycles. The summed E-state index contributed by atoms with van der Waals surface area (Å²) in [7, 11) is -1.70. The molecule has 1 aliphatic rings. The van der Waals surface area contributed by atoms with Crippen LogP contribution < -0.4 is 4.72 Å². The molecule has 0 saturated heterocycles. The van der Waals surface area contributed by atoms with Crippen LogP contribution in [0.3, 0.4) is 0 Å². The van der Waals surface area contributed by atoms with Gasteiger partial charge in [0.05, 0.1) is 0 Å². The molecule has 90 valence electrons. The van der Waals surface area contributed by atoms with Crippen LogP contribution in [0.25, 0.3) is 0 Å². The van der Waals surface area contributed by atoms with E-state index >= 15 is 0 Å². The summed E-state index contributed by atoms with van der Waals surface area (Å²) >= 11 is 3.42. The minimum atomic E-state index is -3.30. The van der Waals surface area contributed by atoms with Crippen LogP contribution in [0.2, 0.25) is 0 Å². The highest BCUT2D eigenvalue weighted by Crippen LogP contribution is 2.46. The van der Waals surface area contributed by atoms with Crippen molar-refractivity contribution in [1.82, 2.24) is 9.03 Å². The predicted octanol–water partition coefficient (Wildman–Crippen LogP) is 1.34. The lowest BCUT2D eigenvalue weighted by Gasteiger charge is -2.22. The van der Waals surface area contributed by atoms with Crippen molar-refractivity contribution in [3.8, 4) is 0 Å². The van der Waals surface area contributed by atoms with E-state index in [1.807, 2.05) is 13.8 Å². The molecule has 1 N–H and O–H groups in total. The monoisotopic (exact) mass is 298 g/mol. The van der Waals surface area contributed by atoms with Crippen LogP contribution in [0.1, 0.15) is 26.7 Å². The van der Waals surface area contributed by atoms with Gasteiger partial charge in [-0.3, -0.25) is 0 Å². The first-order chi connectivity index (χ1) is 6.83. The lowest BCUT2D eigenvalue weighted by atomic mass is 10.1. The van der Waals surface area contributed by atoms with Crippen molar-refractivity contribution in [2.75, 3.05) is 18.9 Å². The van der Waals surface area contributed by atoms with Gasteiger partial charge in [0.25, 0.3) is 10.2 Å². The molecule has 6 heteroatoms. The van der Waals surface area contributed by atoms with E-state index in [4.69, 9.17) is 0 Å². The molecule has 0 radical (unpaired) electrons. The normalized spacial score (nSPS) is 19.9. The molecule has 1 rings (SSSR count). The average molecular weight is 299 g/mol. The van der Waals surface area contributed by atoms with Gasteiger partial charge in [-0.15, -0.1) is 0 Å². The first kappa shape index (κ1) is 13.4. The van der Waals surface area contributed by atoms with E-state index in [-0.39, 0.29) is 11.5 Å². The van der Waals surface area contributed by atoms with Crippen molar-refractivity contribution in [3.63, 3.8) is 0 Å². The molecular formula is C9H19BrN2O2S. The number of alkyl halides is 1. The van der Waals surface area contributed by atoms with Crippen molar-refractivity contribution in [1.29, 1.82) is 0 Å². The Kier molecular flexibility index (Phi) is 4.20. The predicted molar refractivity (Wildman–Crippen MR) is 65.3 cm³/mol. The number of nitrogens with zero attached hydrogens (tertiary/aromatic N) is 1. The maximum atomic E-state index is 11.8. The summed E-state index contributed by atoms with van der Waals surface area (Å²) in [5.74, 6) is 0. The van der Waals surface area contributed by atoms with Crippen molar-refractivity contribution in [2.24, 2.45) is 5.41 Å². The minimum Gasteiger partial charge on any atom is -0.202 e. The van der Waals surface area contributed by atoms with Crippen LogP contribution in [0.4, 0.5) is 0 Å². The van der Waals surface area contributed by atoms with E-state index in [9.17, 15) is 8.42 Å². The zero-order chi connectivity index (χ0) is 11.7. The van der Waals surface area contributed by atoms with Gasteiger partial charge in [0.2, 0.25) is 0 Å². The van der Waals surface area contributed by atoms with Crippen LogP contribution in [-0.4, -0.2) is 37.7 Å². The lowest BCUT2D eigenvalue weighted by Crippen LogP contribution is -2.44. The Morgan fingerprint density at radius 1 is 1.47 bits per heavy atom. The minimum absolute atomic E-state index is 0.0124. The molecule has 0 unspecified atom stereocenters. The summed E-state index contributed by atoms with van der Waals surface area (Å²) in [6.45, 7) is 4.25. The number of nitrogens with one attached hydrogen (secondary N) is 1. The van der Waals surface area contributed by atoms with Gasteiger partial charge in [-0.05, 0) is 32.1 Å². The second-order valence-corrected chi connectivity index (χ2v) is 6.95. The van der Waals surface area contributed by atoms with E-state index in [1.54, 1.807) is 7.05 Å². The third-order valence-electron chi connectivity index (χ3n) is 2.98. The first-order valence-electron chi connectivity index (χ1n) is 5.12. The summed E-state index contributed by atoms with van der Waals surface area (Å²) in [6, 6.07) is -0.0124. The molecule has 15 heavy (non-hydrogen) atoms. The van der Waals surface area contributed by atoms with Crippen molar-refractivity contribution >= 4 is 26.1 Å². The molecule has 0 aliphatic heterocycles. The number of hydrogen-bond acceptors (Lipinski definition) is 2. The molecule has 0 spiro atoms. The van der Waals surface area contributed by atoms with Gasteiger partial charge in [-0.2, -0.15) is 12.7 Å². The number of halogens is 1. The Morgan fingerprint density at radius 2 is 2.00 bits per heavy atom. The fraction of sp³-hybridized carbons (Fsp3) is 1.00. The summed E-state index contributed by atoms with van der Waals surface area (Å²) in [5.41, 5.74) is 0.172. The summed E-state index contributed by atoms with van der Waals surface area (Å²) in [5, 5.41) is 0.869. The van der Waals surface area contributed by atoms with E-state index in [2.05, 4.69) is 20.7 Å². The molecule has 0 aromatic heterocycles. The Balaban J connectivity index is 2.50. The summed E-state index contributed by atoms with van der Waals surface area (Å²) < 4.78 is 27.5. The lowest BCUT2D eigenvalue weighted by molar-refractivity contribution is 0.397. The van der Waals surface area contributed by atoms with Gasteiger partial charge in [0.1, 0.15) is 0 Å². The molecule has 0 atom stereocenters. The fourth-order valence-corrected chi connectivity index (χ4v) is 3.16. The SMILES string of the molecule is CC(C)N(C)S(=O)(=O)NCC1(CBr)CC1. The van der Waals surface area contributed by atoms with E-state index in [1.165, 1.54) is 4.31 Å². The number of hydrogen-bond donors (Lipinski definition) is 1. The number of rotatable bonds is 6. The molecule has 1 saturated carbocycles.